The zero-order valence-electron chi connectivity index (χ0n) is 9.45. The van der Waals surface area contributed by atoms with E-state index in [-0.39, 0.29) is 23.8 Å². The molecule has 1 amide bonds. The van der Waals surface area contributed by atoms with Gasteiger partial charge in [-0.2, -0.15) is 0 Å². The molecule has 0 saturated heterocycles. The Labute approximate surface area is 95.4 Å². The van der Waals surface area contributed by atoms with Gasteiger partial charge in [0.2, 0.25) is 5.91 Å². The quantitative estimate of drug-likeness (QED) is 0.765. The summed E-state index contributed by atoms with van der Waals surface area (Å²) in [4.78, 5) is 22.6. The molecule has 90 valence electrons. The van der Waals surface area contributed by atoms with Gasteiger partial charge in [0.1, 0.15) is 0 Å². The summed E-state index contributed by atoms with van der Waals surface area (Å²) >= 11 is 0. The third-order valence-corrected chi connectivity index (χ3v) is 3.85. The Morgan fingerprint density at radius 3 is 2.25 bits per heavy atom. The van der Waals surface area contributed by atoms with Gasteiger partial charge in [-0.05, 0) is 32.1 Å². The third kappa shape index (κ3) is 2.54. The number of carboxylic acids is 1. The van der Waals surface area contributed by atoms with Crippen molar-refractivity contribution in [2.45, 2.75) is 51.0 Å². The molecule has 0 spiro atoms. The Morgan fingerprint density at radius 2 is 1.69 bits per heavy atom. The minimum atomic E-state index is -0.724. The molecular weight excluding hydrogens is 206 g/mol. The van der Waals surface area contributed by atoms with E-state index in [4.69, 9.17) is 5.11 Å². The molecule has 2 rings (SSSR count). The molecule has 0 radical (unpaired) electrons. The molecule has 0 aromatic carbocycles. The van der Waals surface area contributed by atoms with Gasteiger partial charge in [0, 0.05) is 12.0 Å². The van der Waals surface area contributed by atoms with Gasteiger partial charge in [-0.1, -0.05) is 12.8 Å². The number of rotatable bonds is 3. The van der Waals surface area contributed by atoms with Crippen molar-refractivity contribution >= 4 is 11.9 Å². The van der Waals surface area contributed by atoms with Crippen molar-refractivity contribution < 1.29 is 14.7 Å². The molecular formula is C12H19NO3. The fourth-order valence-electron chi connectivity index (χ4n) is 2.84. The minimum absolute atomic E-state index is 0.0919. The first-order chi connectivity index (χ1) is 7.66. The molecule has 0 bridgehead atoms. The second-order valence-electron chi connectivity index (χ2n) is 5.04. The highest BCUT2D eigenvalue weighted by atomic mass is 16.4. The van der Waals surface area contributed by atoms with Crippen molar-refractivity contribution in [3.8, 4) is 0 Å². The normalized spacial score (nSPS) is 30.5. The Hall–Kier alpha value is -1.06. The molecule has 2 N–H and O–H groups in total. The van der Waals surface area contributed by atoms with E-state index >= 15 is 0 Å². The van der Waals surface area contributed by atoms with Crippen LogP contribution in [0.4, 0.5) is 0 Å². The van der Waals surface area contributed by atoms with Gasteiger partial charge in [0.15, 0.2) is 0 Å². The summed E-state index contributed by atoms with van der Waals surface area (Å²) in [6.45, 7) is 0. The molecule has 2 aliphatic rings. The van der Waals surface area contributed by atoms with E-state index in [2.05, 4.69) is 5.32 Å². The zero-order chi connectivity index (χ0) is 11.5. The minimum Gasteiger partial charge on any atom is -0.481 e. The van der Waals surface area contributed by atoms with E-state index in [1.165, 1.54) is 0 Å². The molecule has 4 heteroatoms. The maximum atomic E-state index is 11.8. The predicted octanol–water partition coefficient (Wildman–Crippen LogP) is 1.55. The first-order valence-electron chi connectivity index (χ1n) is 6.20. The number of carbonyl (C=O) groups excluding carboxylic acids is 1. The van der Waals surface area contributed by atoms with Crippen LogP contribution < -0.4 is 5.32 Å². The second-order valence-corrected chi connectivity index (χ2v) is 5.04. The van der Waals surface area contributed by atoms with Crippen molar-refractivity contribution in [3.05, 3.63) is 0 Å². The molecule has 2 atom stereocenters. The Morgan fingerprint density at radius 1 is 1.00 bits per heavy atom. The number of aliphatic carboxylic acids is 1. The SMILES string of the molecule is O=C(O)C1CCC(NC(=O)C2CCCC2)C1. The van der Waals surface area contributed by atoms with Gasteiger partial charge in [0.25, 0.3) is 0 Å². The van der Waals surface area contributed by atoms with Crippen LogP contribution in [-0.4, -0.2) is 23.0 Å². The van der Waals surface area contributed by atoms with Crippen LogP contribution in [0.2, 0.25) is 0 Å². The summed E-state index contributed by atoms with van der Waals surface area (Å²) in [5, 5.41) is 11.9. The summed E-state index contributed by atoms with van der Waals surface area (Å²) in [7, 11) is 0. The lowest BCUT2D eigenvalue weighted by molar-refractivity contribution is -0.141. The number of hydrogen-bond acceptors (Lipinski definition) is 2. The number of amides is 1. The summed E-state index contributed by atoms with van der Waals surface area (Å²) in [6.07, 6.45) is 6.43. The van der Waals surface area contributed by atoms with E-state index in [1.54, 1.807) is 0 Å². The molecule has 0 aromatic heterocycles. The smallest absolute Gasteiger partial charge is 0.306 e. The van der Waals surface area contributed by atoms with E-state index in [9.17, 15) is 9.59 Å². The summed E-state index contributed by atoms with van der Waals surface area (Å²) in [5.74, 6) is -0.649. The third-order valence-electron chi connectivity index (χ3n) is 3.85. The first-order valence-corrected chi connectivity index (χ1v) is 6.20. The van der Waals surface area contributed by atoms with Gasteiger partial charge in [0.05, 0.1) is 5.92 Å². The van der Waals surface area contributed by atoms with E-state index < -0.39 is 5.97 Å². The van der Waals surface area contributed by atoms with Crippen molar-refractivity contribution in [1.29, 1.82) is 0 Å². The summed E-state index contributed by atoms with van der Waals surface area (Å²) in [6, 6.07) is 0.0919. The molecule has 0 aliphatic heterocycles. The number of hydrogen-bond donors (Lipinski definition) is 2. The lowest BCUT2D eigenvalue weighted by atomic mass is 10.1. The van der Waals surface area contributed by atoms with Crippen molar-refractivity contribution in [2.75, 3.05) is 0 Å². The highest BCUT2D eigenvalue weighted by molar-refractivity contribution is 5.79. The van der Waals surface area contributed by atoms with E-state index in [0.29, 0.717) is 12.8 Å². The first kappa shape index (κ1) is 11.4. The highest BCUT2D eigenvalue weighted by Crippen LogP contribution is 2.28. The average molecular weight is 225 g/mol. The number of carboxylic acid groups (broad SMARTS) is 1. The van der Waals surface area contributed by atoms with Gasteiger partial charge < -0.3 is 10.4 Å². The summed E-state index contributed by atoms with van der Waals surface area (Å²) < 4.78 is 0. The zero-order valence-corrected chi connectivity index (χ0v) is 9.45. The fourth-order valence-corrected chi connectivity index (χ4v) is 2.84. The maximum Gasteiger partial charge on any atom is 0.306 e. The lowest BCUT2D eigenvalue weighted by Crippen LogP contribution is -2.37. The van der Waals surface area contributed by atoms with E-state index in [1.807, 2.05) is 0 Å². The average Bonchev–Trinajstić information content (AvgIpc) is 2.87. The number of nitrogens with one attached hydrogen (secondary N) is 1. The predicted molar refractivity (Wildman–Crippen MR) is 58.9 cm³/mol. The van der Waals surface area contributed by atoms with Crippen molar-refractivity contribution in [2.24, 2.45) is 11.8 Å². The largest absolute Gasteiger partial charge is 0.481 e. The Balaban J connectivity index is 1.78. The van der Waals surface area contributed by atoms with Crippen LogP contribution in [0.25, 0.3) is 0 Å². The Bertz CT molecular complexity index is 284. The highest BCUT2D eigenvalue weighted by Gasteiger charge is 2.32. The molecule has 2 aliphatic carbocycles. The van der Waals surface area contributed by atoms with Crippen LogP contribution in [0.5, 0.6) is 0 Å². The van der Waals surface area contributed by atoms with Crippen molar-refractivity contribution in [3.63, 3.8) is 0 Å². The van der Waals surface area contributed by atoms with Crippen LogP contribution in [0.15, 0.2) is 0 Å². The second kappa shape index (κ2) is 4.85. The molecule has 16 heavy (non-hydrogen) atoms. The van der Waals surface area contributed by atoms with Crippen molar-refractivity contribution in [1.82, 2.24) is 5.32 Å². The summed E-state index contributed by atoms with van der Waals surface area (Å²) in [5.41, 5.74) is 0. The standard InChI is InChI=1S/C12H19NO3/c14-11(8-3-1-2-4-8)13-10-6-5-9(7-10)12(15)16/h8-10H,1-7H2,(H,13,14)(H,15,16). The van der Waals surface area contributed by atoms with Gasteiger partial charge in [-0.3, -0.25) is 9.59 Å². The fraction of sp³-hybridized carbons (Fsp3) is 0.833. The van der Waals surface area contributed by atoms with Gasteiger partial charge >= 0.3 is 5.97 Å². The molecule has 4 nitrogen and oxygen atoms in total. The van der Waals surface area contributed by atoms with Gasteiger partial charge in [-0.15, -0.1) is 0 Å². The van der Waals surface area contributed by atoms with Crippen LogP contribution in [0, 0.1) is 11.8 Å². The van der Waals surface area contributed by atoms with E-state index in [0.717, 1.165) is 32.1 Å². The maximum absolute atomic E-state index is 11.8. The van der Waals surface area contributed by atoms with Crippen LogP contribution >= 0.6 is 0 Å². The monoisotopic (exact) mass is 225 g/mol. The van der Waals surface area contributed by atoms with Gasteiger partial charge in [-0.25, -0.2) is 0 Å². The van der Waals surface area contributed by atoms with Crippen LogP contribution in [-0.2, 0) is 9.59 Å². The molecule has 2 saturated carbocycles. The topological polar surface area (TPSA) is 66.4 Å². The van der Waals surface area contributed by atoms with Crippen LogP contribution in [0.3, 0.4) is 0 Å². The number of carbonyl (C=O) groups is 2. The molecule has 0 aromatic rings. The molecule has 2 fully saturated rings. The molecule has 0 heterocycles. The Kier molecular flexibility index (Phi) is 3.46. The van der Waals surface area contributed by atoms with Crippen LogP contribution in [0.1, 0.15) is 44.9 Å². The molecule has 2 unspecified atom stereocenters. The lowest BCUT2D eigenvalue weighted by Gasteiger charge is -2.15.